The van der Waals surface area contributed by atoms with E-state index in [0.717, 1.165) is 16.6 Å². The lowest BCUT2D eigenvalue weighted by Crippen LogP contribution is -2.23. The molecule has 0 radical (unpaired) electrons. The highest BCUT2D eigenvalue weighted by Gasteiger charge is 2.05. The Morgan fingerprint density at radius 3 is 2.62 bits per heavy atom. The van der Waals surface area contributed by atoms with E-state index in [1.165, 1.54) is 5.41 Å². The molecule has 24 heavy (non-hydrogen) atoms. The molecule has 1 N–H and O–H groups in total. The molecule has 0 bridgehead atoms. The molecule has 5 nitrogen and oxygen atoms in total. The summed E-state index contributed by atoms with van der Waals surface area (Å²) in [5.74, 6) is 0. The van der Waals surface area contributed by atoms with Crippen LogP contribution >= 0.6 is 0 Å². The average molecular weight is 341 g/mol. The summed E-state index contributed by atoms with van der Waals surface area (Å²) in [4.78, 5) is 4.32. The van der Waals surface area contributed by atoms with Crippen LogP contribution < -0.4 is 4.72 Å². The molecule has 0 aliphatic carbocycles. The van der Waals surface area contributed by atoms with E-state index >= 15 is 0 Å². The van der Waals surface area contributed by atoms with E-state index in [4.69, 9.17) is 0 Å². The van der Waals surface area contributed by atoms with Gasteiger partial charge in [0.2, 0.25) is 10.0 Å². The number of sulfonamides is 1. The minimum atomic E-state index is -3.42. The van der Waals surface area contributed by atoms with Gasteiger partial charge in [0.25, 0.3) is 0 Å². The molecule has 0 saturated heterocycles. The highest BCUT2D eigenvalue weighted by Crippen LogP contribution is 2.12. The van der Waals surface area contributed by atoms with Crippen LogP contribution in [0.3, 0.4) is 0 Å². The third-order valence-electron chi connectivity index (χ3n) is 3.65. The summed E-state index contributed by atoms with van der Waals surface area (Å²) in [5.41, 5.74) is 2.86. The Bertz CT molecular complexity index is 931. The molecule has 0 fully saturated rings. The first-order valence-electron chi connectivity index (χ1n) is 7.77. The van der Waals surface area contributed by atoms with E-state index in [-0.39, 0.29) is 0 Å². The number of imidazole rings is 1. The third-order valence-corrected chi connectivity index (χ3v) is 4.75. The van der Waals surface area contributed by atoms with Gasteiger partial charge in [0.05, 0.1) is 17.4 Å². The van der Waals surface area contributed by atoms with Crippen LogP contribution in [0, 0.1) is 0 Å². The quantitative estimate of drug-likeness (QED) is 0.672. The smallest absolute Gasteiger partial charge is 0.233 e. The van der Waals surface area contributed by atoms with Gasteiger partial charge in [-0.25, -0.2) is 18.1 Å². The van der Waals surface area contributed by atoms with E-state index in [1.807, 2.05) is 59.2 Å². The second kappa shape index (κ2) is 7.42. The fraction of sp³-hybridized carbons (Fsp3) is 0.167. The Labute approximate surface area is 141 Å². The van der Waals surface area contributed by atoms with Crippen molar-refractivity contribution in [1.29, 1.82) is 0 Å². The standard InChI is InChI=1S/C18H19N3O2S/c22-24(23,14-11-16-7-2-1-3-8-16)20-12-6-13-21-15-19-17-9-4-5-10-18(17)21/h1-5,7-11,14-15,20H,6,12-13H2/b14-11+. The molecule has 6 heteroatoms. The van der Waals surface area contributed by atoms with E-state index < -0.39 is 10.0 Å². The second-order valence-electron chi connectivity index (χ2n) is 5.43. The molecule has 0 atom stereocenters. The zero-order valence-electron chi connectivity index (χ0n) is 13.2. The topological polar surface area (TPSA) is 64.0 Å². The van der Waals surface area contributed by atoms with Gasteiger partial charge in [-0.05, 0) is 30.2 Å². The van der Waals surface area contributed by atoms with Gasteiger partial charge in [-0.15, -0.1) is 0 Å². The maximum atomic E-state index is 12.0. The number of aryl methyl sites for hydroxylation is 1. The SMILES string of the molecule is O=S(=O)(/C=C/c1ccccc1)NCCCn1cnc2ccccc21. The average Bonchev–Trinajstić information content (AvgIpc) is 3.01. The Kier molecular flexibility index (Phi) is 5.08. The van der Waals surface area contributed by atoms with Crippen molar-refractivity contribution in [3.63, 3.8) is 0 Å². The van der Waals surface area contributed by atoms with Crippen LogP contribution in [-0.4, -0.2) is 24.5 Å². The van der Waals surface area contributed by atoms with Gasteiger partial charge in [0.1, 0.15) is 0 Å². The van der Waals surface area contributed by atoms with Gasteiger partial charge in [-0.3, -0.25) is 0 Å². The minimum absolute atomic E-state index is 0.383. The first-order chi connectivity index (χ1) is 11.6. The summed E-state index contributed by atoms with van der Waals surface area (Å²) >= 11 is 0. The molecule has 0 spiro atoms. The molecular formula is C18H19N3O2S. The van der Waals surface area contributed by atoms with Crippen LogP contribution in [0.4, 0.5) is 0 Å². The van der Waals surface area contributed by atoms with Crippen molar-refractivity contribution in [2.24, 2.45) is 0 Å². The lowest BCUT2D eigenvalue weighted by Gasteiger charge is -2.05. The molecule has 3 rings (SSSR count). The minimum Gasteiger partial charge on any atom is -0.331 e. The van der Waals surface area contributed by atoms with E-state index in [9.17, 15) is 8.42 Å². The molecule has 1 heterocycles. The highest BCUT2D eigenvalue weighted by molar-refractivity contribution is 7.92. The number of rotatable bonds is 7. The van der Waals surface area contributed by atoms with E-state index in [1.54, 1.807) is 12.4 Å². The van der Waals surface area contributed by atoms with Crippen LogP contribution in [0.25, 0.3) is 17.1 Å². The van der Waals surface area contributed by atoms with Crippen molar-refractivity contribution >= 4 is 27.1 Å². The molecule has 0 aliphatic rings. The van der Waals surface area contributed by atoms with Crippen LogP contribution in [0.15, 0.2) is 66.3 Å². The van der Waals surface area contributed by atoms with Crippen LogP contribution in [0.2, 0.25) is 0 Å². The second-order valence-corrected chi connectivity index (χ2v) is 7.08. The molecule has 3 aromatic rings. The molecular weight excluding hydrogens is 322 g/mol. The zero-order valence-corrected chi connectivity index (χ0v) is 14.0. The number of hydrogen-bond acceptors (Lipinski definition) is 3. The summed E-state index contributed by atoms with van der Waals surface area (Å²) < 4.78 is 28.5. The van der Waals surface area contributed by atoms with E-state index in [2.05, 4.69) is 9.71 Å². The van der Waals surface area contributed by atoms with Crippen molar-refractivity contribution in [2.75, 3.05) is 6.54 Å². The maximum Gasteiger partial charge on any atom is 0.233 e. The predicted octanol–water partition coefficient (Wildman–Crippen LogP) is 3.02. The van der Waals surface area contributed by atoms with E-state index in [0.29, 0.717) is 19.5 Å². The fourth-order valence-electron chi connectivity index (χ4n) is 2.43. The van der Waals surface area contributed by atoms with Gasteiger partial charge in [-0.2, -0.15) is 0 Å². The lowest BCUT2D eigenvalue weighted by atomic mass is 10.2. The molecule has 0 amide bonds. The Morgan fingerprint density at radius 1 is 1.04 bits per heavy atom. The number of nitrogens with zero attached hydrogens (tertiary/aromatic N) is 2. The van der Waals surface area contributed by atoms with Crippen LogP contribution in [-0.2, 0) is 16.6 Å². The van der Waals surface area contributed by atoms with Crippen LogP contribution in [0.5, 0.6) is 0 Å². The zero-order chi connectivity index (χ0) is 16.8. The Balaban J connectivity index is 1.51. The van der Waals surface area contributed by atoms with Crippen molar-refractivity contribution in [1.82, 2.24) is 14.3 Å². The molecule has 0 aliphatic heterocycles. The number of benzene rings is 2. The van der Waals surface area contributed by atoms with Gasteiger partial charge in [0.15, 0.2) is 0 Å². The number of hydrogen-bond donors (Lipinski definition) is 1. The van der Waals surface area contributed by atoms with Crippen molar-refractivity contribution in [2.45, 2.75) is 13.0 Å². The van der Waals surface area contributed by atoms with Gasteiger partial charge in [0, 0.05) is 18.5 Å². The Morgan fingerprint density at radius 2 is 1.79 bits per heavy atom. The van der Waals surface area contributed by atoms with Crippen molar-refractivity contribution in [3.05, 3.63) is 71.9 Å². The third kappa shape index (κ3) is 4.31. The normalized spacial score (nSPS) is 12.2. The highest BCUT2D eigenvalue weighted by atomic mass is 32.2. The lowest BCUT2D eigenvalue weighted by molar-refractivity contribution is 0.580. The molecule has 2 aromatic carbocycles. The Hall–Kier alpha value is -2.44. The first-order valence-corrected chi connectivity index (χ1v) is 9.31. The molecule has 1 aromatic heterocycles. The maximum absolute atomic E-state index is 12.0. The molecule has 124 valence electrons. The number of para-hydroxylation sites is 2. The molecule has 0 unspecified atom stereocenters. The van der Waals surface area contributed by atoms with Gasteiger partial charge in [-0.1, -0.05) is 42.5 Å². The van der Waals surface area contributed by atoms with Gasteiger partial charge >= 0.3 is 0 Å². The number of fused-ring (bicyclic) bond motifs is 1. The number of nitrogens with one attached hydrogen (secondary N) is 1. The summed E-state index contributed by atoms with van der Waals surface area (Å²) in [6.07, 6.45) is 4.07. The summed E-state index contributed by atoms with van der Waals surface area (Å²) in [5, 5.41) is 1.20. The number of aromatic nitrogens is 2. The predicted molar refractivity (Wildman–Crippen MR) is 96.7 cm³/mol. The van der Waals surface area contributed by atoms with Crippen LogP contribution in [0.1, 0.15) is 12.0 Å². The van der Waals surface area contributed by atoms with Crippen molar-refractivity contribution < 1.29 is 8.42 Å². The van der Waals surface area contributed by atoms with Crippen molar-refractivity contribution in [3.8, 4) is 0 Å². The monoisotopic (exact) mass is 341 g/mol. The summed E-state index contributed by atoms with van der Waals surface area (Å²) in [7, 11) is -3.42. The largest absolute Gasteiger partial charge is 0.331 e. The summed E-state index contributed by atoms with van der Waals surface area (Å²) in [6.45, 7) is 1.10. The first kappa shape index (κ1) is 16.4. The van der Waals surface area contributed by atoms with Gasteiger partial charge < -0.3 is 4.57 Å². The molecule has 0 saturated carbocycles. The summed E-state index contributed by atoms with van der Waals surface area (Å²) in [6, 6.07) is 17.2. The fourth-order valence-corrected chi connectivity index (χ4v) is 3.29.